The van der Waals surface area contributed by atoms with Crippen molar-refractivity contribution >= 4 is 5.69 Å². The largest absolute Gasteiger partial charge is 0.396 e. The van der Waals surface area contributed by atoms with Crippen LogP contribution >= 0.6 is 0 Å². The first-order valence-corrected chi connectivity index (χ1v) is 5.98. The Morgan fingerprint density at radius 1 is 1.50 bits per heavy atom. The average molecular weight is 222 g/mol. The molecule has 0 saturated heterocycles. The van der Waals surface area contributed by atoms with Crippen molar-refractivity contribution in [1.29, 1.82) is 0 Å². The monoisotopic (exact) mass is 222 g/mol. The van der Waals surface area contributed by atoms with Crippen molar-refractivity contribution in [3.05, 3.63) is 29.6 Å². The van der Waals surface area contributed by atoms with Crippen LogP contribution in [0.25, 0.3) is 0 Å². The van der Waals surface area contributed by atoms with E-state index in [4.69, 9.17) is 5.73 Å². The van der Waals surface area contributed by atoms with E-state index >= 15 is 0 Å². The number of nitrogens with one attached hydrogen (secondary N) is 1. The number of rotatable bonds is 5. The minimum atomic E-state index is -0.319. The van der Waals surface area contributed by atoms with Crippen LogP contribution in [-0.2, 0) is 6.54 Å². The van der Waals surface area contributed by atoms with Crippen LogP contribution in [-0.4, -0.2) is 6.04 Å². The molecular formula is C13H19FN2. The Kier molecular flexibility index (Phi) is 3.44. The van der Waals surface area contributed by atoms with Crippen LogP contribution in [0.5, 0.6) is 0 Å². The number of nitrogens with two attached hydrogens (primary N) is 1. The van der Waals surface area contributed by atoms with E-state index < -0.39 is 0 Å². The fourth-order valence-electron chi connectivity index (χ4n) is 2.16. The summed E-state index contributed by atoms with van der Waals surface area (Å²) in [5.41, 5.74) is 6.81. The Balaban J connectivity index is 1.84. The summed E-state index contributed by atoms with van der Waals surface area (Å²) in [6.45, 7) is 2.88. The topological polar surface area (TPSA) is 38.0 Å². The fraction of sp³-hybridized carbons (Fsp3) is 0.538. The van der Waals surface area contributed by atoms with Gasteiger partial charge in [0.05, 0.1) is 5.69 Å². The maximum absolute atomic E-state index is 13.2. The predicted molar refractivity (Wildman–Crippen MR) is 64.5 cm³/mol. The second-order valence-corrected chi connectivity index (χ2v) is 4.58. The third-order valence-electron chi connectivity index (χ3n) is 3.28. The fourth-order valence-corrected chi connectivity index (χ4v) is 2.16. The molecule has 0 bridgehead atoms. The Hall–Kier alpha value is -1.09. The number of nitrogen functional groups attached to an aromatic ring is 1. The molecule has 0 amide bonds. The van der Waals surface area contributed by atoms with E-state index in [-0.39, 0.29) is 11.5 Å². The molecule has 3 N–H and O–H groups in total. The van der Waals surface area contributed by atoms with Gasteiger partial charge in [0.2, 0.25) is 0 Å². The summed E-state index contributed by atoms with van der Waals surface area (Å²) in [4.78, 5) is 0. The van der Waals surface area contributed by atoms with Crippen LogP contribution in [0.3, 0.4) is 0 Å². The van der Waals surface area contributed by atoms with Crippen molar-refractivity contribution in [1.82, 2.24) is 5.32 Å². The lowest BCUT2D eigenvalue weighted by Crippen LogP contribution is -2.18. The Bertz CT molecular complexity index is 365. The molecule has 1 aromatic rings. The molecule has 2 nitrogen and oxygen atoms in total. The molecule has 3 heteroatoms. The molecule has 88 valence electrons. The van der Waals surface area contributed by atoms with Gasteiger partial charge in [0.15, 0.2) is 0 Å². The number of anilines is 1. The van der Waals surface area contributed by atoms with Crippen molar-refractivity contribution in [2.24, 2.45) is 5.92 Å². The lowest BCUT2D eigenvalue weighted by Gasteiger charge is -2.07. The molecule has 0 heterocycles. The highest BCUT2D eigenvalue weighted by Crippen LogP contribution is 2.34. The molecule has 16 heavy (non-hydrogen) atoms. The summed E-state index contributed by atoms with van der Waals surface area (Å²) in [7, 11) is 0. The summed E-state index contributed by atoms with van der Waals surface area (Å²) < 4.78 is 13.2. The molecular weight excluding hydrogens is 203 g/mol. The zero-order valence-corrected chi connectivity index (χ0v) is 9.67. The first-order valence-electron chi connectivity index (χ1n) is 5.98. The lowest BCUT2D eigenvalue weighted by molar-refractivity contribution is 0.594. The van der Waals surface area contributed by atoms with E-state index in [1.54, 1.807) is 6.07 Å². The molecule has 1 saturated carbocycles. The van der Waals surface area contributed by atoms with Crippen molar-refractivity contribution in [3.63, 3.8) is 0 Å². The molecule has 0 aliphatic heterocycles. The highest BCUT2D eigenvalue weighted by molar-refractivity contribution is 5.47. The molecule has 2 rings (SSSR count). The third kappa shape index (κ3) is 2.53. The van der Waals surface area contributed by atoms with Gasteiger partial charge in [0.1, 0.15) is 5.82 Å². The van der Waals surface area contributed by atoms with Crippen LogP contribution in [0.4, 0.5) is 10.1 Å². The number of halogens is 1. The number of para-hydroxylation sites is 1. The summed E-state index contributed by atoms with van der Waals surface area (Å²) in [5, 5.41) is 3.43. The minimum absolute atomic E-state index is 0.280. The quantitative estimate of drug-likeness (QED) is 0.752. The molecule has 0 radical (unpaired) electrons. The third-order valence-corrected chi connectivity index (χ3v) is 3.28. The molecule has 0 aromatic heterocycles. The highest BCUT2D eigenvalue weighted by atomic mass is 19.1. The van der Waals surface area contributed by atoms with Crippen molar-refractivity contribution in [2.75, 3.05) is 5.73 Å². The predicted octanol–water partition coefficient (Wildman–Crippen LogP) is 2.69. The van der Waals surface area contributed by atoms with E-state index in [2.05, 4.69) is 12.2 Å². The molecule has 2 unspecified atom stereocenters. The van der Waals surface area contributed by atoms with E-state index in [0.29, 0.717) is 12.6 Å². The second-order valence-electron chi connectivity index (χ2n) is 4.58. The van der Waals surface area contributed by atoms with Gasteiger partial charge in [-0.2, -0.15) is 0 Å². The van der Waals surface area contributed by atoms with Gasteiger partial charge in [-0.25, -0.2) is 4.39 Å². The molecule has 1 aliphatic carbocycles. The molecule has 2 atom stereocenters. The summed E-state index contributed by atoms with van der Waals surface area (Å²) in [6.07, 6.45) is 3.78. The number of benzene rings is 1. The second kappa shape index (κ2) is 4.83. The van der Waals surface area contributed by atoms with Crippen LogP contribution < -0.4 is 11.1 Å². The van der Waals surface area contributed by atoms with Crippen LogP contribution in [0.1, 0.15) is 31.7 Å². The maximum atomic E-state index is 13.2. The number of hydrogen-bond donors (Lipinski definition) is 2. The van der Waals surface area contributed by atoms with Crippen molar-refractivity contribution < 1.29 is 4.39 Å². The minimum Gasteiger partial charge on any atom is -0.396 e. The summed E-state index contributed by atoms with van der Waals surface area (Å²) in [5.74, 6) is 0.500. The lowest BCUT2D eigenvalue weighted by atomic mass is 10.1. The molecule has 1 aliphatic rings. The summed E-state index contributed by atoms with van der Waals surface area (Å²) in [6, 6.07) is 5.60. The standard InChI is InChI=1S/C13H19FN2/c1-2-4-9-7-12(9)16-8-10-5-3-6-11(14)13(10)15/h3,5-6,9,12,16H,2,4,7-8,15H2,1H3. The Labute approximate surface area is 96.0 Å². The molecule has 1 fully saturated rings. The highest BCUT2D eigenvalue weighted by Gasteiger charge is 2.35. The smallest absolute Gasteiger partial charge is 0.146 e. The first-order chi connectivity index (χ1) is 7.72. The first kappa shape index (κ1) is 11.4. The molecule has 0 spiro atoms. The van der Waals surface area contributed by atoms with Gasteiger partial charge in [-0.15, -0.1) is 0 Å². The maximum Gasteiger partial charge on any atom is 0.146 e. The zero-order valence-electron chi connectivity index (χ0n) is 9.67. The van der Waals surface area contributed by atoms with E-state index in [1.807, 2.05) is 6.07 Å². The van der Waals surface area contributed by atoms with E-state index in [1.165, 1.54) is 25.3 Å². The van der Waals surface area contributed by atoms with E-state index in [9.17, 15) is 4.39 Å². The average Bonchev–Trinajstić information content (AvgIpc) is 3.00. The van der Waals surface area contributed by atoms with Gasteiger partial charge in [-0.3, -0.25) is 0 Å². The normalized spacial score (nSPS) is 23.4. The Morgan fingerprint density at radius 2 is 2.31 bits per heavy atom. The van der Waals surface area contributed by atoms with Gasteiger partial charge in [-0.05, 0) is 30.4 Å². The van der Waals surface area contributed by atoms with Gasteiger partial charge in [0.25, 0.3) is 0 Å². The van der Waals surface area contributed by atoms with E-state index in [0.717, 1.165) is 11.5 Å². The molecule has 1 aromatic carbocycles. The van der Waals surface area contributed by atoms with Gasteiger partial charge < -0.3 is 11.1 Å². The van der Waals surface area contributed by atoms with Gasteiger partial charge in [-0.1, -0.05) is 25.5 Å². The SMILES string of the molecule is CCCC1CC1NCc1cccc(F)c1N. The van der Waals surface area contributed by atoms with Gasteiger partial charge in [0, 0.05) is 12.6 Å². The number of hydrogen-bond acceptors (Lipinski definition) is 2. The van der Waals surface area contributed by atoms with Crippen molar-refractivity contribution in [3.8, 4) is 0 Å². The van der Waals surface area contributed by atoms with Crippen molar-refractivity contribution in [2.45, 2.75) is 38.8 Å². The van der Waals surface area contributed by atoms with Gasteiger partial charge >= 0.3 is 0 Å². The van der Waals surface area contributed by atoms with Crippen LogP contribution in [0, 0.1) is 11.7 Å². The summed E-state index contributed by atoms with van der Waals surface area (Å²) >= 11 is 0. The zero-order chi connectivity index (χ0) is 11.5. The Morgan fingerprint density at radius 3 is 3.06 bits per heavy atom. The van der Waals surface area contributed by atoms with Crippen LogP contribution in [0.2, 0.25) is 0 Å². The van der Waals surface area contributed by atoms with Crippen LogP contribution in [0.15, 0.2) is 18.2 Å².